The maximum Gasteiger partial charge on any atom is 0.306 e. The third-order valence-electron chi connectivity index (χ3n) is 10.3. The number of esters is 3. The summed E-state index contributed by atoms with van der Waals surface area (Å²) in [5.74, 6) is 1.55. The summed E-state index contributed by atoms with van der Waals surface area (Å²) in [7, 11) is 0. The highest BCUT2D eigenvalue weighted by molar-refractivity contribution is 5.71. The van der Waals surface area contributed by atoms with Crippen molar-refractivity contribution in [2.75, 3.05) is 13.2 Å². The van der Waals surface area contributed by atoms with Crippen LogP contribution in [0.2, 0.25) is 0 Å². The second kappa shape index (κ2) is 36.8. The van der Waals surface area contributed by atoms with E-state index in [1.54, 1.807) is 0 Å². The van der Waals surface area contributed by atoms with Gasteiger partial charge in [0.25, 0.3) is 0 Å². The van der Waals surface area contributed by atoms with Crippen molar-refractivity contribution in [3.8, 4) is 0 Å². The fourth-order valence-corrected chi connectivity index (χ4v) is 6.49. The molecule has 0 aromatic heterocycles. The molecule has 6 nitrogen and oxygen atoms in total. The zero-order valence-electron chi connectivity index (χ0n) is 34.9. The molecule has 6 heteroatoms. The molecule has 0 N–H and O–H groups in total. The average Bonchev–Trinajstić information content (AvgIpc) is 3.09. The number of carbonyl (C=O) groups is 3. The Labute approximate surface area is 317 Å². The van der Waals surface area contributed by atoms with Crippen molar-refractivity contribution in [3.05, 3.63) is 0 Å². The number of hydrogen-bond acceptors (Lipinski definition) is 6. The van der Waals surface area contributed by atoms with Crippen molar-refractivity contribution in [3.63, 3.8) is 0 Å². The molecule has 0 aromatic rings. The van der Waals surface area contributed by atoms with Gasteiger partial charge in [0.15, 0.2) is 6.10 Å². The van der Waals surface area contributed by atoms with Crippen LogP contribution in [0.4, 0.5) is 0 Å². The van der Waals surface area contributed by atoms with Crippen LogP contribution in [0.15, 0.2) is 0 Å². The minimum absolute atomic E-state index is 0.0674. The van der Waals surface area contributed by atoms with Crippen LogP contribution in [-0.2, 0) is 28.6 Å². The predicted octanol–water partition coefficient (Wildman–Crippen LogP) is 13.7. The molecule has 0 aliphatic carbocycles. The molecule has 0 aromatic carbocycles. The zero-order chi connectivity index (χ0) is 37.8. The summed E-state index contributed by atoms with van der Waals surface area (Å²) in [5.41, 5.74) is 0. The van der Waals surface area contributed by atoms with E-state index in [1.165, 1.54) is 116 Å². The highest BCUT2D eigenvalue weighted by Crippen LogP contribution is 2.17. The topological polar surface area (TPSA) is 78.9 Å². The second-order valence-corrected chi connectivity index (χ2v) is 16.5. The number of ether oxygens (including phenoxy) is 3. The van der Waals surface area contributed by atoms with Gasteiger partial charge in [-0.2, -0.15) is 0 Å². The van der Waals surface area contributed by atoms with E-state index in [9.17, 15) is 14.4 Å². The first kappa shape index (κ1) is 49.4. The molecule has 51 heavy (non-hydrogen) atoms. The van der Waals surface area contributed by atoms with Gasteiger partial charge < -0.3 is 14.2 Å². The lowest BCUT2D eigenvalue weighted by molar-refractivity contribution is -0.167. The van der Waals surface area contributed by atoms with Gasteiger partial charge in [-0.05, 0) is 37.0 Å². The molecule has 0 spiro atoms. The number of carbonyl (C=O) groups excluding carboxylic acids is 3. The average molecular weight is 723 g/mol. The van der Waals surface area contributed by atoms with Crippen LogP contribution in [-0.4, -0.2) is 37.2 Å². The molecule has 0 rings (SSSR count). The highest BCUT2D eigenvalue weighted by atomic mass is 16.6. The number of rotatable bonds is 38. The molecule has 0 aliphatic heterocycles. The number of unbranched alkanes of at least 4 members (excludes halogenated alkanes) is 20. The molecule has 0 amide bonds. The molecular weight excluding hydrogens is 636 g/mol. The third-order valence-corrected chi connectivity index (χ3v) is 10.3. The summed E-state index contributed by atoms with van der Waals surface area (Å²) in [6, 6.07) is 0. The maximum atomic E-state index is 12.7. The second-order valence-electron chi connectivity index (χ2n) is 16.5. The van der Waals surface area contributed by atoms with Gasteiger partial charge in [-0.15, -0.1) is 0 Å². The molecule has 302 valence electrons. The Bertz CT molecular complexity index is 794. The third kappa shape index (κ3) is 38.0. The Kier molecular flexibility index (Phi) is 35.6. The first-order valence-electron chi connectivity index (χ1n) is 22.1. The summed E-state index contributed by atoms with van der Waals surface area (Å²) >= 11 is 0. The van der Waals surface area contributed by atoms with Gasteiger partial charge in [0.2, 0.25) is 0 Å². The van der Waals surface area contributed by atoms with Crippen LogP contribution in [0, 0.1) is 17.8 Å². The van der Waals surface area contributed by atoms with Gasteiger partial charge in [-0.3, -0.25) is 14.4 Å². The highest BCUT2D eigenvalue weighted by Gasteiger charge is 2.19. The van der Waals surface area contributed by atoms with Gasteiger partial charge in [0, 0.05) is 19.3 Å². The summed E-state index contributed by atoms with van der Waals surface area (Å²) < 4.78 is 16.7. The van der Waals surface area contributed by atoms with Crippen molar-refractivity contribution in [1.29, 1.82) is 0 Å². The molecular formula is C45H86O6. The van der Waals surface area contributed by atoms with Gasteiger partial charge in [0.1, 0.15) is 13.2 Å². The van der Waals surface area contributed by atoms with Crippen molar-refractivity contribution in [2.24, 2.45) is 17.8 Å². The Morgan fingerprint density at radius 1 is 0.392 bits per heavy atom. The van der Waals surface area contributed by atoms with Gasteiger partial charge >= 0.3 is 17.9 Å². The van der Waals surface area contributed by atoms with Crippen LogP contribution in [0.5, 0.6) is 0 Å². The van der Waals surface area contributed by atoms with E-state index in [4.69, 9.17) is 14.2 Å². The van der Waals surface area contributed by atoms with Crippen LogP contribution in [0.25, 0.3) is 0 Å². The quantitative estimate of drug-likeness (QED) is 0.0359. The molecule has 0 saturated heterocycles. The SMILES string of the molecule is CCC(C)CCCCCCCCCCC(=O)OC[C@H](COC(=O)CCCCCCCCCCC(C)C)OC(=O)CCCCCCCCCC(C)C. The summed E-state index contributed by atoms with van der Waals surface area (Å²) in [6.07, 6.45) is 32.4. The lowest BCUT2D eigenvalue weighted by atomic mass is 9.99. The van der Waals surface area contributed by atoms with Crippen molar-refractivity contribution in [2.45, 2.75) is 240 Å². The lowest BCUT2D eigenvalue weighted by Gasteiger charge is -2.18. The summed E-state index contributed by atoms with van der Waals surface area (Å²) in [5, 5.41) is 0. The smallest absolute Gasteiger partial charge is 0.306 e. The van der Waals surface area contributed by atoms with Crippen LogP contribution in [0.1, 0.15) is 234 Å². The maximum absolute atomic E-state index is 12.7. The fraction of sp³-hybridized carbons (Fsp3) is 0.933. The minimum Gasteiger partial charge on any atom is -0.462 e. The molecule has 0 bridgehead atoms. The van der Waals surface area contributed by atoms with Crippen molar-refractivity contribution < 1.29 is 28.6 Å². The Morgan fingerprint density at radius 2 is 0.686 bits per heavy atom. The first-order valence-corrected chi connectivity index (χ1v) is 22.1. The largest absolute Gasteiger partial charge is 0.462 e. The number of hydrogen-bond donors (Lipinski definition) is 0. The first-order chi connectivity index (χ1) is 24.6. The van der Waals surface area contributed by atoms with E-state index in [0.29, 0.717) is 19.3 Å². The van der Waals surface area contributed by atoms with Crippen molar-refractivity contribution >= 4 is 17.9 Å². The molecule has 0 radical (unpaired) electrons. The van der Waals surface area contributed by atoms with E-state index in [0.717, 1.165) is 75.5 Å². The Hall–Kier alpha value is -1.59. The van der Waals surface area contributed by atoms with Crippen LogP contribution < -0.4 is 0 Å². The van der Waals surface area contributed by atoms with E-state index in [1.807, 2.05) is 0 Å². The molecule has 0 aliphatic rings. The summed E-state index contributed by atoms with van der Waals surface area (Å²) in [4.78, 5) is 37.6. The molecule has 2 atom stereocenters. The molecule has 0 heterocycles. The molecule has 0 fully saturated rings. The standard InChI is InChI=1S/C45H86O6/c1-7-41(6)33-27-21-15-9-11-17-23-29-35-44(47)50-38-42(51-45(48)36-30-24-18-12-14-20-26-32-40(4)5)37-49-43(46)34-28-22-16-10-8-13-19-25-31-39(2)3/h39-42H,7-38H2,1-6H3/t41?,42-/m0/s1. The predicted molar refractivity (Wildman–Crippen MR) is 215 cm³/mol. The molecule has 0 saturated carbocycles. The monoisotopic (exact) mass is 723 g/mol. The van der Waals surface area contributed by atoms with Gasteiger partial charge in [-0.25, -0.2) is 0 Å². The fourth-order valence-electron chi connectivity index (χ4n) is 6.49. The summed E-state index contributed by atoms with van der Waals surface area (Å²) in [6.45, 7) is 13.6. The Morgan fingerprint density at radius 3 is 1.02 bits per heavy atom. The van der Waals surface area contributed by atoms with Crippen molar-refractivity contribution in [1.82, 2.24) is 0 Å². The lowest BCUT2D eigenvalue weighted by Crippen LogP contribution is -2.30. The molecule has 1 unspecified atom stereocenters. The van der Waals surface area contributed by atoms with Gasteiger partial charge in [-0.1, -0.05) is 196 Å². The van der Waals surface area contributed by atoms with E-state index < -0.39 is 6.10 Å². The van der Waals surface area contributed by atoms with E-state index in [2.05, 4.69) is 41.5 Å². The zero-order valence-corrected chi connectivity index (χ0v) is 34.9. The van der Waals surface area contributed by atoms with Crippen LogP contribution >= 0.6 is 0 Å². The van der Waals surface area contributed by atoms with E-state index >= 15 is 0 Å². The normalized spacial score (nSPS) is 12.7. The van der Waals surface area contributed by atoms with Gasteiger partial charge in [0.05, 0.1) is 0 Å². The van der Waals surface area contributed by atoms with Crippen LogP contribution in [0.3, 0.4) is 0 Å². The minimum atomic E-state index is -0.762. The Balaban J connectivity index is 4.36. The van der Waals surface area contributed by atoms with E-state index in [-0.39, 0.29) is 31.1 Å².